The molecule has 8 heteroatoms. The molecule has 4 rings (SSSR count). The topological polar surface area (TPSA) is 74.6 Å². The van der Waals surface area contributed by atoms with Gasteiger partial charge in [-0.3, -0.25) is 9.59 Å². The molecule has 1 saturated heterocycles. The van der Waals surface area contributed by atoms with Crippen LogP contribution in [0.25, 0.3) is 0 Å². The summed E-state index contributed by atoms with van der Waals surface area (Å²) in [5, 5.41) is 10.0. The second-order valence-corrected chi connectivity index (χ2v) is 6.49. The monoisotopic (exact) mass is 370 g/mol. The van der Waals surface area contributed by atoms with Crippen LogP contribution >= 0.6 is 11.6 Å². The van der Waals surface area contributed by atoms with E-state index in [4.69, 9.17) is 16.3 Å². The second kappa shape index (κ2) is 6.10. The number of carbonyl (C=O) groups excluding carboxylic acids is 2. The fraction of sp³-hybridized carbons (Fsp3) is 0.222. The van der Waals surface area contributed by atoms with Crippen LogP contribution in [0.5, 0.6) is 5.75 Å². The predicted molar refractivity (Wildman–Crippen MR) is 96.6 cm³/mol. The van der Waals surface area contributed by atoms with Gasteiger partial charge in [0.1, 0.15) is 5.75 Å². The van der Waals surface area contributed by atoms with E-state index in [1.807, 2.05) is 6.92 Å². The Bertz CT molecular complexity index is 946. The first-order valence-electron chi connectivity index (χ1n) is 7.99. The molecule has 2 aromatic carbocycles. The van der Waals surface area contributed by atoms with Crippen molar-refractivity contribution in [2.75, 3.05) is 17.0 Å². The molecule has 7 nitrogen and oxygen atoms in total. The van der Waals surface area contributed by atoms with E-state index in [0.717, 1.165) is 10.5 Å². The van der Waals surface area contributed by atoms with Crippen molar-refractivity contribution in [1.82, 2.24) is 0 Å². The van der Waals surface area contributed by atoms with Crippen LogP contribution in [0.2, 0.25) is 5.02 Å². The summed E-state index contributed by atoms with van der Waals surface area (Å²) in [4.78, 5) is 26.9. The first kappa shape index (κ1) is 16.5. The Kier molecular flexibility index (Phi) is 3.88. The zero-order valence-corrected chi connectivity index (χ0v) is 14.8. The third kappa shape index (κ3) is 2.43. The number of halogens is 1. The van der Waals surface area contributed by atoms with Gasteiger partial charge in [-0.1, -0.05) is 29.0 Å². The molecule has 0 spiro atoms. The SMILES string of the molecule is COc1cccc(N2N=N[C@@H]3C(=O)N(c4ccc(C)c(Cl)c4)C(=O)[C@@H]32)c1. The van der Waals surface area contributed by atoms with Crippen LogP contribution in [0, 0.1) is 6.92 Å². The van der Waals surface area contributed by atoms with Crippen LogP contribution in [0.4, 0.5) is 11.4 Å². The third-order valence-corrected chi connectivity index (χ3v) is 4.92. The lowest BCUT2D eigenvalue weighted by atomic mass is 10.1. The van der Waals surface area contributed by atoms with Crippen molar-refractivity contribution in [3.8, 4) is 5.75 Å². The van der Waals surface area contributed by atoms with E-state index >= 15 is 0 Å². The first-order valence-corrected chi connectivity index (χ1v) is 8.37. The molecule has 0 N–H and O–H groups in total. The fourth-order valence-corrected chi connectivity index (χ4v) is 3.28. The first-order chi connectivity index (χ1) is 12.5. The zero-order chi connectivity index (χ0) is 18.4. The summed E-state index contributed by atoms with van der Waals surface area (Å²) in [5.74, 6) is -0.165. The summed E-state index contributed by atoms with van der Waals surface area (Å²) >= 11 is 6.15. The molecule has 0 aromatic heterocycles. The number of amides is 2. The minimum atomic E-state index is -0.867. The van der Waals surface area contributed by atoms with Gasteiger partial charge in [0.2, 0.25) is 0 Å². The van der Waals surface area contributed by atoms with Crippen LogP contribution in [0.3, 0.4) is 0 Å². The number of methoxy groups -OCH3 is 1. The third-order valence-electron chi connectivity index (χ3n) is 4.51. The van der Waals surface area contributed by atoms with Crippen molar-refractivity contribution >= 4 is 34.8 Å². The van der Waals surface area contributed by atoms with Gasteiger partial charge in [0.25, 0.3) is 11.8 Å². The van der Waals surface area contributed by atoms with Crippen molar-refractivity contribution < 1.29 is 14.3 Å². The molecule has 1 fully saturated rings. The van der Waals surface area contributed by atoms with Crippen molar-refractivity contribution in [2.24, 2.45) is 10.3 Å². The van der Waals surface area contributed by atoms with Crippen LogP contribution in [0.15, 0.2) is 52.8 Å². The molecular formula is C18H15ClN4O3. The zero-order valence-electron chi connectivity index (χ0n) is 14.1. The maximum Gasteiger partial charge on any atom is 0.263 e. The normalized spacial score (nSPS) is 21.5. The number of nitrogens with zero attached hydrogens (tertiary/aromatic N) is 4. The summed E-state index contributed by atoms with van der Waals surface area (Å²) in [6.07, 6.45) is 0. The molecule has 2 heterocycles. The largest absolute Gasteiger partial charge is 0.497 e. The average molecular weight is 371 g/mol. The number of ether oxygens (including phenoxy) is 1. The van der Waals surface area contributed by atoms with Gasteiger partial charge < -0.3 is 4.74 Å². The van der Waals surface area contributed by atoms with Crippen molar-refractivity contribution in [3.63, 3.8) is 0 Å². The van der Waals surface area contributed by atoms with Crippen molar-refractivity contribution in [3.05, 3.63) is 53.1 Å². The van der Waals surface area contributed by atoms with E-state index in [-0.39, 0.29) is 5.91 Å². The highest BCUT2D eigenvalue weighted by Gasteiger charge is 2.55. The quantitative estimate of drug-likeness (QED) is 0.778. The lowest BCUT2D eigenvalue weighted by Crippen LogP contribution is -2.39. The maximum absolute atomic E-state index is 13.0. The molecule has 2 atom stereocenters. The molecular weight excluding hydrogens is 356 g/mol. The van der Waals surface area contributed by atoms with Gasteiger partial charge in [-0.05, 0) is 36.8 Å². The van der Waals surface area contributed by atoms with E-state index < -0.39 is 18.0 Å². The maximum atomic E-state index is 13.0. The molecule has 2 aliphatic heterocycles. The van der Waals surface area contributed by atoms with E-state index in [1.165, 1.54) is 5.01 Å². The van der Waals surface area contributed by atoms with Crippen molar-refractivity contribution in [1.29, 1.82) is 0 Å². The summed E-state index contributed by atoms with van der Waals surface area (Å²) in [7, 11) is 1.56. The van der Waals surface area contributed by atoms with Crippen LogP contribution < -0.4 is 14.6 Å². The minimum Gasteiger partial charge on any atom is -0.497 e. The molecule has 0 saturated carbocycles. The standard InChI is InChI=1S/C18H15ClN4O3/c1-10-6-7-11(9-14(10)19)22-17(24)15-16(18(22)25)23(21-20-15)12-4-3-5-13(8-12)26-2/h3-9,15-16H,1-2H3/t15-,16+/m0/s1. The van der Waals surface area contributed by atoms with Gasteiger partial charge in [0, 0.05) is 11.1 Å². The van der Waals surface area contributed by atoms with Crippen LogP contribution in [0.1, 0.15) is 5.56 Å². The van der Waals surface area contributed by atoms with Crippen LogP contribution in [-0.4, -0.2) is 31.0 Å². The van der Waals surface area contributed by atoms with Gasteiger partial charge in [-0.25, -0.2) is 9.91 Å². The number of rotatable bonds is 3. The highest BCUT2D eigenvalue weighted by Crippen LogP contribution is 2.36. The summed E-state index contributed by atoms with van der Waals surface area (Å²) < 4.78 is 5.21. The number of imide groups is 1. The number of hydrogen-bond acceptors (Lipinski definition) is 6. The average Bonchev–Trinajstić information content (AvgIpc) is 3.18. The number of anilines is 2. The Morgan fingerprint density at radius 3 is 2.62 bits per heavy atom. The summed E-state index contributed by atoms with van der Waals surface area (Å²) in [6, 6.07) is 10.5. The van der Waals surface area contributed by atoms with Crippen LogP contribution in [-0.2, 0) is 9.59 Å². The van der Waals surface area contributed by atoms with Gasteiger partial charge >= 0.3 is 0 Å². The smallest absolute Gasteiger partial charge is 0.263 e. The summed E-state index contributed by atoms with van der Waals surface area (Å²) in [5.41, 5.74) is 1.93. The molecule has 2 aliphatic rings. The van der Waals surface area contributed by atoms with Gasteiger partial charge in [0.05, 0.1) is 18.5 Å². The highest BCUT2D eigenvalue weighted by molar-refractivity contribution is 6.32. The lowest BCUT2D eigenvalue weighted by Gasteiger charge is -2.21. The second-order valence-electron chi connectivity index (χ2n) is 6.09. The Balaban J connectivity index is 1.70. The summed E-state index contributed by atoms with van der Waals surface area (Å²) in [6.45, 7) is 1.85. The van der Waals surface area contributed by atoms with E-state index in [1.54, 1.807) is 49.6 Å². The Morgan fingerprint density at radius 1 is 1.08 bits per heavy atom. The van der Waals surface area contributed by atoms with E-state index in [0.29, 0.717) is 22.1 Å². The highest BCUT2D eigenvalue weighted by atomic mass is 35.5. The number of benzene rings is 2. The van der Waals surface area contributed by atoms with E-state index in [2.05, 4.69) is 10.3 Å². The molecule has 26 heavy (non-hydrogen) atoms. The number of carbonyl (C=O) groups is 2. The van der Waals surface area contributed by atoms with Gasteiger partial charge in [0.15, 0.2) is 12.1 Å². The predicted octanol–water partition coefficient (Wildman–Crippen LogP) is 3.15. The molecule has 0 aliphatic carbocycles. The Morgan fingerprint density at radius 2 is 1.88 bits per heavy atom. The van der Waals surface area contributed by atoms with Crippen molar-refractivity contribution in [2.45, 2.75) is 19.0 Å². The minimum absolute atomic E-state index is 0.382. The molecule has 2 amide bonds. The van der Waals surface area contributed by atoms with E-state index in [9.17, 15) is 9.59 Å². The molecule has 0 bridgehead atoms. The Hall–Kier alpha value is -2.93. The number of hydrogen-bond donors (Lipinski definition) is 0. The molecule has 2 aromatic rings. The fourth-order valence-electron chi connectivity index (χ4n) is 3.10. The molecule has 0 unspecified atom stereocenters. The number of fused-ring (bicyclic) bond motifs is 1. The molecule has 0 radical (unpaired) electrons. The van der Waals surface area contributed by atoms with Gasteiger partial charge in [-0.2, -0.15) is 5.11 Å². The van der Waals surface area contributed by atoms with Gasteiger partial charge in [-0.15, -0.1) is 0 Å². The Labute approximate surface area is 154 Å². The number of aryl methyl sites for hydroxylation is 1. The lowest BCUT2D eigenvalue weighted by molar-refractivity contribution is -0.121. The molecule has 132 valence electrons.